The third-order valence-corrected chi connectivity index (χ3v) is 3.91. The Hall–Kier alpha value is -2.82. The highest BCUT2D eigenvalue weighted by Gasteiger charge is 2.16. The van der Waals surface area contributed by atoms with Gasteiger partial charge in [0.25, 0.3) is 0 Å². The number of carbonyl (C=O) groups is 1. The van der Waals surface area contributed by atoms with Gasteiger partial charge in [0.1, 0.15) is 12.1 Å². The molecule has 25 heavy (non-hydrogen) atoms. The van der Waals surface area contributed by atoms with Gasteiger partial charge in [-0.25, -0.2) is 9.97 Å². The summed E-state index contributed by atoms with van der Waals surface area (Å²) in [4.78, 5) is 19.4. The van der Waals surface area contributed by atoms with E-state index in [0.29, 0.717) is 11.3 Å². The van der Waals surface area contributed by atoms with E-state index in [1.165, 1.54) is 0 Å². The first kappa shape index (κ1) is 18.5. The standard InChI is InChI=1S/C20H24N4O/c1-5-6-15-9-16(17-11-23-14(4)24-12-17)10-18(19(21)13(2)3)20(15)22-7-8-25/h8-12,21-22H,2,5-7H2,1,3-4H3. The summed E-state index contributed by atoms with van der Waals surface area (Å²) in [5.74, 6) is 0.719. The van der Waals surface area contributed by atoms with Gasteiger partial charge in [0.2, 0.25) is 0 Å². The number of carbonyl (C=O) groups excluding carboxylic acids is 1. The monoisotopic (exact) mass is 336 g/mol. The van der Waals surface area contributed by atoms with Crippen molar-refractivity contribution in [2.24, 2.45) is 0 Å². The summed E-state index contributed by atoms with van der Waals surface area (Å²) in [5, 5.41) is 11.6. The number of nitrogens with one attached hydrogen (secondary N) is 2. The van der Waals surface area contributed by atoms with Crippen molar-refractivity contribution in [3.63, 3.8) is 0 Å². The molecule has 1 aromatic heterocycles. The Morgan fingerprint density at radius 2 is 1.96 bits per heavy atom. The second-order valence-corrected chi connectivity index (χ2v) is 6.03. The van der Waals surface area contributed by atoms with Crippen molar-refractivity contribution in [1.82, 2.24) is 9.97 Å². The number of benzene rings is 1. The Bertz CT molecular complexity index is 794. The van der Waals surface area contributed by atoms with Crippen molar-refractivity contribution < 1.29 is 4.79 Å². The lowest BCUT2D eigenvalue weighted by molar-refractivity contribution is -0.106. The van der Waals surface area contributed by atoms with E-state index in [2.05, 4.69) is 34.9 Å². The van der Waals surface area contributed by atoms with Crippen LogP contribution in [0.4, 0.5) is 5.69 Å². The molecule has 0 unspecified atom stereocenters. The molecule has 5 nitrogen and oxygen atoms in total. The number of rotatable bonds is 8. The van der Waals surface area contributed by atoms with Crippen molar-refractivity contribution in [1.29, 1.82) is 5.41 Å². The number of aldehydes is 1. The van der Waals surface area contributed by atoms with Gasteiger partial charge in [0, 0.05) is 29.2 Å². The average Bonchev–Trinajstić information content (AvgIpc) is 2.60. The van der Waals surface area contributed by atoms with Crippen LogP contribution in [0, 0.1) is 12.3 Å². The summed E-state index contributed by atoms with van der Waals surface area (Å²) >= 11 is 0. The Labute approximate surface area is 148 Å². The zero-order chi connectivity index (χ0) is 18.4. The van der Waals surface area contributed by atoms with Gasteiger partial charge in [-0.1, -0.05) is 19.9 Å². The Kier molecular flexibility index (Phi) is 6.17. The molecule has 0 spiro atoms. The summed E-state index contributed by atoms with van der Waals surface area (Å²) in [6.45, 7) is 9.87. The number of aryl methyl sites for hydroxylation is 2. The zero-order valence-corrected chi connectivity index (χ0v) is 15.0. The molecule has 0 saturated carbocycles. The molecule has 0 bridgehead atoms. The molecule has 2 aromatic rings. The van der Waals surface area contributed by atoms with Crippen LogP contribution in [0.25, 0.3) is 11.1 Å². The summed E-state index contributed by atoms with van der Waals surface area (Å²) < 4.78 is 0. The highest BCUT2D eigenvalue weighted by Crippen LogP contribution is 2.31. The van der Waals surface area contributed by atoms with Crippen molar-refractivity contribution in [2.75, 3.05) is 11.9 Å². The zero-order valence-electron chi connectivity index (χ0n) is 15.0. The molecule has 2 rings (SSSR count). The van der Waals surface area contributed by atoms with Crippen molar-refractivity contribution in [2.45, 2.75) is 33.6 Å². The molecular formula is C20H24N4O. The van der Waals surface area contributed by atoms with Gasteiger partial charge >= 0.3 is 0 Å². The van der Waals surface area contributed by atoms with Crippen molar-refractivity contribution in [3.8, 4) is 11.1 Å². The molecule has 0 atom stereocenters. The predicted molar refractivity (Wildman–Crippen MR) is 102 cm³/mol. The van der Waals surface area contributed by atoms with E-state index in [4.69, 9.17) is 5.41 Å². The van der Waals surface area contributed by atoms with E-state index < -0.39 is 0 Å². The fraction of sp³-hybridized carbons (Fsp3) is 0.300. The molecular weight excluding hydrogens is 312 g/mol. The second kappa shape index (κ2) is 8.33. The number of nitrogens with zero attached hydrogens (tertiary/aromatic N) is 2. The maximum atomic E-state index is 10.8. The van der Waals surface area contributed by atoms with Crippen LogP contribution < -0.4 is 5.32 Å². The molecule has 2 N–H and O–H groups in total. The van der Waals surface area contributed by atoms with Gasteiger partial charge in [-0.05, 0) is 49.1 Å². The average molecular weight is 336 g/mol. The number of anilines is 1. The fourth-order valence-corrected chi connectivity index (χ4v) is 2.66. The van der Waals surface area contributed by atoms with Crippen LogP contribution in [0.5, 0.6) is 0 Å². The molecule has 130 valence electrons. The Balaban J connectivity index is 2.66. The fourth-order valence-electron chi connectivity index (χ4n) is 2.66. The van der Waals surface area contributed by atoms with E-state index >= 15 is 0 Å². The summed E-state index contributed by atoms with van der Waals surface area (Å²) in [6, 6.07) is 4.03. The lowest BCUT2D eigenvalue weighted by Crippen LogP contribution is -2.12. The highest BCUT2D eigenvalue weighted by molar-refractivity contribution is 6.14. The smallest absolute Gasteiger partial charge is 0.139 e. The van der Waals surface area contributed by atoms with E-state index in [1.54, 1.807) is 12.4 Å². The third kappa shape index (κ3) is 4.38. The van der Waals surface area contributed by atoms with Crippen LogP contribution >= 0.6 is 0 Å². The van der Waals surface area contributed by atoms with E-state index in [-0.39, 0.29) is 6.54 Å². The Morgan fingerprint density at radius 1 is 1.28 bits per heavy atom. The molecule has 0 aliphatic rings. The summed E-state index contributed by atoms with van der Waals surface area (Å²) in [5.41, 5.74) is 5.55. The number of allylic oxidation sites excluding steroid dienone is 1. The number of aromatic nitrogens is 2. The maximum absolute atomic E-state index is 10.8. The molecule has 0 radical (unpaired) electrons. The van der Waals surface area contributed by atoms with Crippen LogP contribution in [-0.4, -0.2) is 28.5 Å². The second-order valence-electron chi connectivity index (χ2n) is 6.03. The van der Waals surface area contributed by atoms with Gasteiger partial charge in [-0.2, -0.15) is 0 Å². The van der Waals surface area contributed by atoms with Crippen LogP contribution in [0.3, 0.4) is 0 Å². The van der Waals surface area contributed by atoms with Gasteiger partial charge in [-0.3, -0.25) is 5.41 Å². The maximum Gasteiger partial charge on any atom is 0.139 e. The minimum atomic E-state index is 0.209. The minimum absolute atomic E-state index is 0.209. The molecule has 0 aliphatic carbocycles. The SMILES string of the molecule is C=C(C)C(=N)c1cc(-c2cnc(C)nc2)cc(CCC)c1NCC=O. The van der Waals surface area contributed by atoms with Gasteiger partial charge in [0.05, 0.1) is 12.3 Å². The van der Waals surface area contributed by atoms with E-state index in [0.717, 1.165) is 52.9 Å². The molecule has 0 fully saturated rings. The lowest BCUT2D eigenvalue weighted by atomic mass is 9.92. The van der Waals surface area contributed by atoms with E-state index in [1.807, 2.05) is 19.9 Å². The van der Waals surface area contributed by atoms with Crippen LogP contribution in [0.2, 0.25) is 0 Å². The number of hydrogen-bond donors (Lipinski definition) is 2. The molecule has 0 saturated heterocycles. The molecule has 5 heteroatoms. The summed E-state index contributed by atoms with van der Waals surface area (Å²) in [6.07, 6.45) is 6.22. The first-order chi connectivity index (χ1) is 12.0. The molecule has 1 heterocycles. The van der Waals surface area contributed by atoms with Crippen molar-refractivity contribution in [3.05, 3.63) is 53.6 Å². The van der Waals surface area contributed by atoms with Gasteiger partial charge < -0.3 is 10.1 Å². The van der Waals surface area contributed by atoms with Gasteiger partial charge in [0.15, 0.2) is 0 Å². The third-order valence-electron chi connectivity index (χ3n) is 3.91. The first-order valence-electron chi connectivity index (χ1n) is 8.36. The number of hydrogen-bond acceptors (Lipinski definition) is 5. The first-order valence-corrected chi connectivity index (χ1v) is 8.36. The lowest BCUT2D eigenvalue weighted by Gasteiger charge is -2.18. The normalized spacial score (nSPS) is 10.4. The Morgan fingerprint density at radius 3 is 2.52 bits per heavy atom. The van der Waals surface area contributed by atoms with Crippen LogP contribution in [0.15, 0.2) is 36.7 Å². The predicted octanol–water partition coefficient (Wildman–Crippen LogP) is 3.96. The highest BCUT2D eigenvalue weighted by atomic mass is 16.1. The topological polar surface area (TPSA) is 78.7 Å². The van der Waals surface area contributed by atoms with Gasteiger partial charge in [-0.15, -0.1) is 0 Å². The molecule has 0 aliphatic heterocycles. The van der Waals surface area contributed by atoms with Crippen LogP contribution in [0.1, 0.15) is 37.2 Å². The van der Waals surface area contributed by atoms with E-state index in [9.17, 15) is 4.79 Å². The van der Waals surface area contributed by atoms with Crippen LogP contribution in [-0.2, 0) is 11.2 Å². The molecule has 0 amide bonds. The minimum Gasteiger partial charge on any atom is -0.377 e. The quantitative estimate of drug-likeness (QED) is 0.565. The molecule has 1 aromatic carbocycles. The summed E-state index contributed by atoms with van der Waals surface area (Å²) in [7, 11) is 0. The van der Waals surface area contributed by atoms with Crippen molar-refractivity contribution >= 4 is 17.7 Å². The largest absolute Gasteiger partial charge is 0.377 e.